The molecule has 1 atom stereocenters. The second-order valence-electron chi connectivity index (χ2n) is 13.0. The van der Waals surface area contributed by atoms with E-state index in [1.54, 1.807) is 12.1 Å². The highest BCUT2D eigenvalue weighted by atomic mass is 32.2. The maximum atomic E-state index is 10.6. The van der Waals surface area contributed by atoms with Crippen LogP contribution in [0.25, 0.3) is 5.57 Å². The molecule has 1 unspecified atom stereocenters. The van der Waals surface area contributed by atoms with Crippen LogP contribution >= 0.6 is 0 Å². The fourth-order valence-corrected chi connectivity index (χ4v) is 5.90. The molecule has 4 aromatic carbocycles. The van der Waals surface area contributed by atoms with E-state index in [0.717, 1.165) is 49.2 Å². The molecule has 0 spiro atoms. The van der Waals surface area contributed by atoms with E-state index in [1.165, 1.54) is 40.0 Å². The quantitative estimate of drug-likeness (QED) is 0.179. The van der Waals surface area contributed by atoms with Gasteiger partial charge in [-0.15, -0.1) is 0 Å². The first kappa shape index (κ1) is 35.1. The molecular formula is C39H47NO5S. The van der Waals surface area contributed by atoms with E-state index in [0.29, 0.717) is 6.61 Å². The lowest BCUT2D eigenvalue weighted by Crippen LogP contribution is -2.21. The lowest BCUT2D eigenvalue weighted by atomic mass is 9.86. The van der Waals surface area contributed by atoms with Gasteiger partial charge in [0.05, 0.1) is 11.0 Å². The summed E-state index contributed by atoms with van der Waals surface area (Å²) >= 11 is 0. The minimum atomic E-state index is -4.02. The van der Waals surface area contributed by atoms with Crippen molar-refractivity contribution in [3.63, 3.8) is 0 Å². The molecule has 1 aliphatic rings. The topological polar surface area (TPSA) is 87.1 Å². The van der Waals surface area contributed by atoms with Crippen LogP contribution in [0.4, 0.5) is 0 Å². The van der Waals surface area contributed by atoms with E-state index >= 15 is 0 Å². The van der Waals surface area contributed by atoms with Gasteiger partial charge in [-0.25, -0.2) is 0 Å². The lowest BCUT2D eigenvalue weighted by molar-refractivity contribution is 0.158. The van der Waals surface area contributed by atoms with E-state index in [4.69, 9.17) is 9.29 Å². The Morgan fingerprint density at radius 2 is 1.50 bits per heavy atom. The summed E-state index contributed by atoms with van der Waals surface area (Å²) in [5.74, 6) is 0.952. The molecule has 5 rings (SSSR count). The summed E-state index contributed by atoms with van der Waals surface area (Å²) in [6.45, 7) is 11.0. The van der Waals surface area contributed by atoms with E-state index in [1.807, 2.05) is 13.0 Å². The van der Waals surface area contributed by atoms with Crippen LogP contribution < -0.4 is 4.74 Å². The van der Waals surface area contributed by atoms with Gasteiger partial charge in [-0.3, -0.25) is 4.55 Å². The third-order valence-corrected chi connectivity index (χ3v) is 9.09. The fourth-order valence-electron chi connectivity index (χ4n) is 5.42. The van der Waals surface area contributed by atoms with Crippen LogP contribution in [0.5, 0.6) is 5.75 Å². The van der Waals surface area contributed by atoms with E-state index in [9.17, 15) is 13.5 Å². The summed E-state index contributed by atoms with van der Waals surface area (Å²) in [6, 6.07) is 31.3. The largest absolute Gasteiger partial charge is 0.488 e. The van der Waals surface area contributed by atoms with Gasteiger partial charge in [0.2, 0.25) is 0 Å². The zero-order chi connectivity index (χ0) is 33.3. The Morgan fingerprint density at radius 3 is 2.15 bits per heavy atom. The molecule has 0 saturated carbocycles. The molecular weight excluding hydrogens is 594 g/mol. The molecule has 1 heterocycles. The molecule has 0 saturated heterocycles. The average molecular weight is 642 g/mol. The molecule has 0 aliphatic carbocycles. The van der Waals surface area contributed by atoms with Crippen molar-refractivity contribution in [2.75, 3.05) is 20.1 Å². The normalized spacial score (nSPS) is 14.4. The Bertz CT molecular complexity index is 1660. The Labute approximate surface area is 275 Å². The number of fused-ring (bicyclic) bond motifs is 2. The van der Waals surface area contributed by atoms with Crippen LogP contribution in [0.3, 0.4) is 0 Å². The van der Waals surface area contributed by atoms with E-state index in [2.05, 4.69) is 106 Å². The van der Waals surface area contributed by atoms with Crippen molar-refractivity contribution in [3.05, 3.63) is 137 Å². The second kappa shape index (κ2) is 15.7. The van der Waals surface area contributed by atoms with Gasteiger partial charge in [0.15, 0.2) is 0 Å². The number of para-hydroxylation sites is 1. The maximum Gasteiger partial charge on any atom is 0.294 e. The minimum Gasteiger partial charge on any atom is -0.488 e. The monoisotopic (exact) mass is 641 g/mol. The van der Waals surface area contributed by atoms with Gasteiger partial charge in [0.1, 0.15) is 12.4 Å². The Balaban J connectivity index is 0.000000369. The van der Waals surface area contributed by atoms with Crippen LogP contribution in [0.15, 0.2) is 108 Å². The first-order valence-electron chi connectivity index (χ1n) is 15.8. The Hall–Kier alpha value is -3.75. The highest BCUT2D eigenvalue weighted by Crippen LogP contribution is 2.36. The highest BCUT2D eigenvalue weighted by molar-refractivity contribution is 7.85. The summed E-state index contributed by atoms with van der Waals surface area (Å²) in [7, 11) is -1.85. The number of aliphatic hydroxyl groups is 1. The third kappa shape index (κ3) is 9.87. The molecule has 0 radical (unpaired) electrons. The lowest BCUT2D eigenvalue weighted by Gasteiger charge is -2.20. The van der Waals surface area contributed by atoms with Crippen LogP contribution in [-0.2, 0) is 22.1 Å². The van der Waals surface area contributed by atoms with Crippen molar-refractivity contribution >= 4 is 15.7 Å². The number of hydrogen-bond donors (Lipinski definition) is 2. The molecule has 1 aliphatic heterocycles. The summed E-state index contributed by atoms with van der Waals surface area (Å²) < 4.78 is 35.6. The van der Waals surface area contributed by atoms with Crippen molar-refractivity contribution in [1.29, 1.82) is 0 Å². The summed E-state index contributed by atoms with van der Waals surface area (Å²) in [4.78, 5) is 2.29. The minimum absolute atomic E-state index is 0.0666. The number of ether oxygens (including phenoxy) is 1. The van der Waals surface area contributed by atoms with Crippen LogP contribution in [0.2, 0.25) is 0 Å². The maximum absolute atomic E-state index is 10.6. The van der Waals surface area contributed by atoms with Gasteiger partial charge in [0, 0.05) is 12.1 Å². The number of aryl methyl sites for hydroxylation is 1. The molecule has 0 aromatic heterocycles. The zero-order valence-corrected chi connectivity index (χ0v) is 28.4. The molecule has 2 N–H and O–H groups in total. The summed E-state index contributed by atoms with van der Waals surface area (Å²) in [6.07, 6.45) is 4.66. The molecule has 0 fully saturated rings. The number of hydrogen-bond acceptors (Lipinski definition) is 5. The van der Waals surface area contributed by atoms with Crippen molar-refractivity contribution < 1.29 is 22.8 Å². The summed E-state index contributed by atoms with van der Waals surface area (Å²) in [5.41, 5.74) is 8.32. The molecule has 0 amide bonds. The molecule has 7 heteroatoms. The van der Waals surface area contributed by atoms with Crippen molar-refractivity contribution in [1.82, 2.24) is 4.90 Å². The molecule has 0 bridgehead atoms. The van der Waals surface area contributed by atoms with E-state index < -0.39 is 16.2 Å². The summed E-state index contributed by atoms with van der Waals surface area (Å²) in [5, 5.41) is 10.6. The predicted molar refractivity (Wildman–Crippen MR) is 187 cm³/mol. The van der Waals surface area contributed by atoms with Crippen molar-refractivity contribution in [2.45, 2.75) is 70.0 Å². The first-order chi connectivity index (χ1) is 21.8. The van der Waals surface area contributed by atoms with Crippen molar-refractivity contribution in [2.24, 2.45) is 0 Å². The van der Waals surface area contributed by atoms with Gasteiger partial charge in [-0.05, 0) is 91.2 Å². The molecule has 244 valence electrons. The van der Waals surface area contributed by atoms with Gasteiger partial charge >= 0.3 is 0 Å². The molecule has 4 aromatic rings. The zero-order valence-electron chi connectivity index (χ0n) is 27.6. The van der Waals surface area contributed by atoms with Crippen molar-refractivity contribution in [3.8, 4) is 5.75 Å². The average Bonchev–Trinajstić information content (AvgIpc) is 3.18. The standard InChI is InChI=1S/C32H39NO2.C7H8O3S/c1-32(2,3)26-19-17-24(18-20-26)30(34)15-10-22-33(4)21-9-14-28-27-12-6-5-11-25(27)23-35-31-16-8-7-13-29(28)31;1-6-2-4-7(5-3-6)11(8,9)10/h5-8,11-14,16-20,30,34H,9-10,15,21-23H2,1-4H3;2-5H,1H3,(H,8,9,10)/b28-14-;. The SMILES string of the molecule is CN(CC/C=C1/c2ccccc2COc2ccccc21)CCCC(O)c1ccc(C(C)(C)C)cc1.Cc1ccc(S(=O)(=O)O)cc1. The van der Waals surface area contributed by atoms with E-state index in [-0.39, 0.29) is 10.3 Å². The van der Waals surface area contributed by atoms with Crippen LogP contribution in [0, 0.1) is 6.92 Å². The van der Waals surface area contributed by atoms with Gasteiger partial charge in [0.25, 0.3) is 10.1 Å². The van der Waals surface area contributed by atoms with Gasteiger partial charge < -0.3 is 14.7 Å². The van der Waals surface area contributed by atoms with Gasteiger partial charge in [-0.2, -0.15) is 8.42 Å². The highest BCUT2D eigenvalue weighted by Gasteiger charge is 2.18. The number of benzene rings is 4. The number of rotatable bonds is 9. The molecule has 46 heavy (non-hydrogen) atoms. The Kier molecular flexibility index (Phi) is 12.0. The molecule has 6 nitrogen and oxygen atoms in total. The van der Waals surface area contributed by atoms with Crippen LogP contribution in [-0.4, -0.2) is 43.1 Å². The smallest absolute Gasteiger partial charge is 0.294 e. The van der Waals surface area contributed by atoms with Gasteiger partial charge in [-0.1, -0.05) is 111 Å². The van der Waals surface area contributed by atoms with Crippen LogP contribution in [0.1, 0.15) is 79.5 Å². The fraction of sp³-hybridized carbons (Fsp3) is 0.333. The third-order valence-electron chi connectivity index (χ3n) is 8.22. The number of nitrogens with zero attached hydrogens (tertiary/aromatic N) is 1. The predicted octanol–water partition coefficient (Wildman–Crippen LogP) is 8.39. The number of aliphatic hydroxyl groups excluding tert-OH is 1. The second-order valence-corrected chi connectivity index (χ2v) is 14.4. The first-order valence-corrected chi connectivity index (χ1v) is 17.3. The Morgan fingerprint density at radius 1 is 0.870 bits per heavy atom.